The largest absolute Gasteiger partial charge is 0.381 e. The summed E-state index contributed by atoms with van der Waals surface area (Å²) in [6.45, 7) is 3.12. The molecule has 0 spiro atoms. The van der Waals surface area contributed by atoms with Gasteiger partial charge in [-0.05, 0) is 68.3 Å². The van der Waals surface area contributed by atoms with Crippen LogP contribution in [0.3, 0.4) is 0 Å². The lowest BCUT2D eigenvalue weighted by Gasteiger charge is -2.18. The van der Waals surface area contributed by atoms with Crippen molar-refractivity contribution in [1.82, 2.24) is 5.32 Å². The van der Waals surface area contributed by atoms with Crippen molar-refractivity contribution in [2.24, 2.45) is 0 Å². The van der Waals surface area contributed by atoms with Gasteiger partial charge in [-0.3, -0.25) is 0 Å². The molecule has 0 bridgehead atoms. The molecule has 2 aromatic rings. The molecule has 2 aliphatic heterocycles. The average molecular weight is 360 g/mol. The number of rotatable bonds is 2. The Morgan fingerprint density at radius 1 is 1.12 bits per heavy atom. The smallest absolute Gasteiger partial charge is 0.206 e. The van der Waals surface area contributed by atoms with Crippen LogP contribution >= 0.6 is 0 Å². The van der Waals surface area contributed by atoms with Crippen molar-refractivity contribution in [3.63, 3.8) is 0 Å². The van der Waals surface area contributed by atoms with Gasteiger partial charge in [0.25, 0.3) is 0 Å². The third-order valence-corrected chi connectivity index (χ3v) is 6.97. The van der Waals surface area contributed by atoms with Gasteiger partial charge in [-0.1, -0.05) is 6.07 Å². The first kappa shape index (κ1) is 16.5. The molecular formula is C19H21FN2O2S. The van der Waals surface area contributed by atoms with Crippen molar-refractivity contribution in [3.8, 4) is 0 Å². The second kappa shape index (κ2) is 6.11. The molecule has 0 saturated carbocycles. The highest BCUT2D eigenvalue weighted by atomic mass is 32.2. The van der Waals surface area contributed by atoms with E-state index in [4.69, 9.17) is 0 Å². The van der Waals surface area contributed by atoms with E-state index in [1.807, 2.05) is 6.07 Å². The Labute approximate surface area is 147 Å². The van der Waals surface area contributed by atoms with Crippen molar-refractivity contribution < 1.29 is 12.8 Å². The molecule has 0 radical (unpaired) electrons. The van der Waals surface area contributed by atoms with Crippen molar-refractivity contribution in [3.05, 3.63) is 53.8 Å². The maximum absolute atomic E-state index is 13.5. The number of hydrogen-bond acceptors (Lipinski definition) is 4. The van der Waals surface area contributed by atoms with Gasteiger partial charge in [0.15, 0.2) is 0 Å². The summed E-state index contributed by atoms with van der Waals surface area (Å²) in [4.78, 5) is 0.218. The highest BCUT2D eigenvalue weighted by Gasteiger charge is 2.35. The zero-order valence-corrected chi connectivity index (χ0v) is 14.8. The van der Waals surface area contributed by atoms with E-state index >= 15 is 0 Å². The van der Waals surface area contributed by atoms with Crippen LogP contribution in [-0.4, -0.2) is 27.0 Å². The van der Waals surface area contributed by atoms with E-state index in [1.54, 1.807) is 12.1 Å². The predicted octanol–water partition coefficient (Wildman–Crippen LogP) is 3.31. The van der Waals surface area contributed by atoms with Crippen molar-refractivity contribution >= 4 is 15.5 Å². The Balaban J connectivity index is 1.75. The fourth-order valence-corrected chi connectivity index (χ4v) is 5.27. The van der Waals surface area contributed by atoms with E-state index < -0.39 is 15.7 Å². The van der Waals surface area contributed by atoms with E-state index in [-0.39, 0.29) is 9.79 Å². The SMILES string of the molecule is CC1C[C@@H]2c3cc(S(=O)(=O)c4cccc(F)c4)ccc3NC2CCN1. The van der Waals surface area contributed by atoms with Gasteiger partial charge >= 0.3 is 0 Å². The highest BCUT2D eigenvalue weighted by molar-refractivity contribution is 7.91. The van der Waals surface area contributed by atoms with Crippen LogP contribution in [0.5, 0.6) is 0 Å². The Morgan fingerprint density at radius 2 is 1.92 bits per heavy atom. The molecule has 2 aliphatic rings. The Kier molecular flexibility index (Phi) is 4.04. The summed E-state index contributed by atoms with van der Waals surface area (Å²) in [6.07, 6.45) is 1.98. The number of sulfone groups is 1. The molecule has 2 N–H and O–H groups in total. The molecular weight excluding hydrogens is 339 g/mol. The summed E-state index contributed by atoms with van der Waals surface area (Å²) >= 11 is 0. The van der Waals surface area contributed by atoms with Gasteiger partial charge in [0, 0.05) is 23.7 Å². The third kappa shape index (κ3) is 2.93. The fourth-order valence-electron chi connectivity index (χ4n) is 3.95. The number of anilines is 1. The van der Waals surface area contributed by atoms with Gasteiger partial charge in [0.2, 0.25) is 9.84 Å². The number of benzene rings is 2. The molecule has 6 heteroatoms. The minimum Gasteiger partial charge on any atom is -0.381 e. The van der Waals surface area contributed by atoms with Crippen molar-refractivity contribution in [1.29, 1.82) is 0 Å². The molecule has 0 aliphatic carbocycles. The Hall–Kier alpha value is -1.92. The van der Waals surface area contributed by atoms with Crippen LogP contribution in [0.25, 0.3) is 0 Å². The summed E-state index contributed by atoms with van der Waals surface area (Å²) in [5.41, 5.74) is 2.07. The van der Waals surface area contributed by atoms with Crippen LogP contribution < -0.4 is 10.6 Å². The zero-order valence-electron chi connectivity index (χ0n) is 14.0. The van der Waals surface area contributed by atoms with Crippen LogP contribution in [0.15, 0.2) is 52.3 Å². The molecule has 2 aromatic carbocycles. The van der Waals surface area contributed by atoms with Gasteiger partial charge in [-0.15, -0.1) is 0 Å². The van der Waals surface area contributed by atoms with Crippen LogP contribution in [0, 0.1) is 5.82 Å². The van der Waals surface area contributed by atoms with Crippen molar-refractivity contribution in [2.75, 3.05) is 11.9 Å². The molecule has 0 amide bonds. The highest BCUT2D eigenvalue weighted by Crippen LogP contribution is 2.42. The standard InChI is InChI=1S/C19H21FN2O2S/c1-12-9-16-17-11-15(5-6-18(17)22-19(16)7-8-21-12)25(23,24)14-4-2-3-13(20)10-14/h2-6,10-12,16,19,21-22H,7-9H2,1H3/t12?,16-,19?/m1/s1. The molecule has 132 valence electrons. The summed E-state index contributed by atoms with van der Waals surface area (Å²) in [5.74, 6) is -0.254. The van der Waals surface area contributed by atoms with Crippen molar-refractivity contribution in [2.45, 2.75) is 47.6 Å². The van der Waals surface area contributed by atoms with Gasteiger partial charge < -0.3 is 10.6 Å². The minimum atomic E-state index is -3.73. The van der Waals surface area contributed by atoms with E-state index in [0.29, 0.717) is 18.0 Å². The summed E-state index contributed by atoms with van der Waals surface area (Å²) in [5, 5.41) is 7.01. The van der Waals surface area contributed by atoms with Crippen LogP contribution in [0.4, 0.5) is 10.1 Å². The summed E-state index contributed by atoms with van der Waals surface area (Å²) in [6, 6.07) is 11.1. The molecule has 25 heavy (non-hydrogen) atoms. The maximum atomic E-state index is 13.5. The first-order valence-electron chi connectivity index (χ1n) is 8.59. The summed E-state index contributed by atoms with van der Waals surface area (Å²) in [7, 11) is -3.73. The number of nitrogens with one attached hydrogen (secondary N) is 2. The minimum absolute atomic E-state index is 0.00847. The Bertz CT molecular complexity index is 913. The molecule has 3 atom stereocenters. The van der Waals surface area contributed by atoms with Gasteiger partial charge in [-0.25, -0.2) is 12.8 Å². The average Bonchev–Trinajstić information content (AvgIpc) is 2.80. The van der Waals surface area contributed by atoms with E-state index in [1.165, 1.54) is 18.2 Å². The first-order valence-corrected chi connectivity index (χ1v) is 10.1. The quantitative estimate of drug-likeness (QED) is 0.863. The molecule has 0 aromatic heterocycles. The van der Waals surface area contributed by atoms with Gasteiger partial charge in [0.1, 0.15) is 5.82 Å². The van der Waals surface area contributed by atoms with Gasteiger partial charge in [0.05, 0.1) is 9.79 Å². The van der Waals surface area contributed by atoms with Gasteiger partial charge in [-0.2, -0.15) is 0 Å². The monoisotopic (exact) mass is 360 g/mol. The first-order chi connectivity index (χ1) is 11.9. The van der Waals surface area contributed by atoms with Crippen LogP contribution in [0.2, 0.25) is 0 Å². The summed E-state index contributed by atoms with van der Waals surface area (Å²) < 4.78 is 39.2. The third-order valence-electron chi connectivity index (χ3n) is 5.22. The zero-order chi connectivity index (χ0) is 17.6. The van der Waals surface area contributed by atoms with Crippen LogP contribution in [0.1, 0.15) is 31.2 Å². The number of halogens is 1. The molecule has 4 rings (SSSR count). The van der Waals surface area contributed by atoms with E-state index in [0.717, 1.165) is 36.7 Å². The maximum Gasteiger partial charge on any atom is 0.206 e. The van der Waals surface area contributed by atoms with E-state index in [2.05, 4.69) is 17.6 Å². The number of fused-ring (bicyclic) bond motifs is 3. The fraction of sp³-hybridized carbons (Fsp3) is 0.368. The van der Waals surface area contributed by atoms with E-state index in [9.17, 15) is 12.8 Å². The number of hydrogen-bond donors (Lipinski definition) is 2. The molecule has 1 fully saturated rings. The normalized spacial score (nSPS) is 25.6. The molecule has 2 heterocycles. The second-order valence-electron chi connectivity index (χ2n) is 6.95. The molecule has 4 nitrogen and oxygen atoms in total. The molecule has 2 unspecified atom stereocenters. The topological polar surface area (TPSA) is 58.2 Å². The second-order valence-corrected chi connectivity index (χ2v) is 8.90. The lowest BCUT2D eigenvalue weighted by molar-refractivity contribution is 0.511. The molecule has 1 saturated heterocycles. The van der Waals surface area contributed by atoms with Crippen LogP contribution in [-0.2, 0) is 9.84 Å². The predicted molar refractivity (Wildman–Crippen MR) is 95.1 cm³/mol. The lowest BCUT2D eigenvalue weighted by Crippen LogP contribution is -2.25. The lowest BCUT2D eigenvalue weighted by atomic mass is 9.89. The Morgan fingerprint density at radius 3 is 2.72 bits per heavy atom.